The Morgan fingerprint density at radius 1 is 1.35 bits per heavy atom. The monoisotopic (exact) mass is 233 g/mol. The van der Waals surface area contributed by atoms with Crippen LogP contribution in [0.25, 0.3) is 5.65 Å². The van der Waals surface area contributed by atoms with Gasteiger partial charge in [-0.05, 0) is 38.4 Å². The fourth-order valence-electron chi connectivity index (χ4n) is 1.95. The molecule has 2 rings (SSSR count). The topological polar surface area (TPSA) is 49.6 Å². The summed E-state index contributed by atoms with van der Waals surface area (Å²) in [5.74, 6) is 0. The Hall–Kier alpha value is -1.39. The largest absolute Gasteiger partial charge is 0.396 e. The lowest BCUT2D eigenvalue weighted by Crippen LogP contribution is -2.16. The first-order valence-corrected chi connectivity index (χ1v) is 6.07. The number of imidazole rings is 1. The molecule has 0 unspecified atom stereocenters. The SMILES string of the molecule is Cc1nc2ccccn2c1CNCCCCO. The Morgan fingerprint density at radius 3 is 3.06 bits per heavy atom. The molecule has 0 saturated carbocycles. The molecule has 2 N–H and O–H groups in total. The summed E-state index contributed by atoms with van der Waals surface area (Å²) in [4.78, 5) is 4.51. The molecule has 0 aromatic carbocycles. The van der Waals surface area contributed by atoms with Gasteiger partial charge < -0.3 is 14.8 Å². The van der Waals surface area contributed by atoms with E-state index in [1.54, 1.807) is 0 Å². The summed E-state index contributed by atoms with van der Waals surface area (Å²) in [6, 6.07) is 6.03. The highest BCUT2D eigenvalue weighted by molar-refractivity contribution is 5.42. The van der Waals surface area contributed by atoms with Crippen LogP contribution in [0.4, 0.5) is 0 Å². The number of aliphatic hydroxyl groups excluding tert-OH is 1. The van der Waals surface area contributed by atoms with E-state index >= 15 is 0 Å². The number of rotatable bonds is 6. The lowest BCUT2D eigenvalue weighted by atomic mass is 10.3. The fourth-order valence-corrected chi connectivity index (χ4v) is 1.95. The molecule has 0 atom stereocenters. The summed E-state index contributed by atoms with van der Waals surface area (Å²) in [6.07, 6.45) is 3.91. The number of aliphatic hydroxyl groups is 1. The van der Waals surface area contributed by atoms with Gasteiger partial charge in [0.2, 0.25) is 0 Å². The van der Waals surface area contributed by atoms with Crippen LogP contribution in [-0.4, -0.2) is 27.6 Å². The van der Waals surface area contributed by atoms with Crippen LogP contribution in [0.2, 0.25) is 0 Å². The Bertz CT molecular complexity index is 478. The van der Waals surface area contributed by atoms with Gasteiger partial charge in [-0.3, -0.25) is 0 Å². The van der Waals surface area contributed by atoms with Crippen molar-refractivity contribution in [3.8, 4) is 0 Å². The minimum atomic E-state index is 0.274. The molecule has 0 amide bonds. The second-order valence-corrected chi connectivity index (χ2v) is 4.18. The van der Waals surface area contributed by atoms with Crippen molar-refractivity contribution in [2.75, 3.05) is 13.2 Å². The Morgan fingerprint density at radius 2 is 2.24 bits per heavy atom. The maximum absolute atomic E-state index is 8.69. The minimum absolute atomic E-state index is 0.274. The van der Waals surface area contributed by atoms with Gasteiger partial charge in [-0.1, -0.05) is 6.07 Å². The maximum Gasteiger partial charge on any atom is 0.137 e. The summed E-state index contributed by atoms with van der Waals surface area (Å²) in [5.41, 5.74) is 3.28. The molecule has 2 aromatic rings. The first kappa shape index (κ1) is 12.1. The lowest BCUT2D eigenvalue weighted by Gasteiger charge is -2.05. The van der Waals surface area contributed by atoms with Crippen molar-refractivity contribution >= 4 is 5.65 Å². The summed E-state index contributed by atoms with van der Waals surface area (Å²) in [6.45, 7) is 4.07. The van der Waals surface area contributed by atoms with Crippen LogP contribution in [0, 0.1) is 6.92 Å². The molecule has 4 heteroatoms. The molecule has 0 bridgehead atoms. The molecule has 0 fully saturated rings. The van der Waals surface area contributed by atoms with Gasteiger partial charge in [0, 0.05) is 19.3 Å². The predicted octanol–water partition coefficient (Wildman–Crippen LogP) is 1.50. The number of nitrogens with one attached hydrogen (secondary N) is 1. The van der Waals surface area contributed by atoms with Crippen molar-refractivity contribution in [1.82, 2.24) is 14.7 Å². The first-order valence-electron chi connectivity index (χ1n) is 6.07. The van der Waals surface area contributed by atoms with E-state index in [2.05, 4.69) is 14.7 Å². The highest BCUT2D eigenvalue weighted by atomic mass is 16.2. The van der Waals surface area contributed by atoms with Gasteiger partial charge in [0.1, 0.15) is 5.65 Å². The number of aromatic nitrogens is 2. The number of aryl methyl sites for hydroxylation is 1. The Labute approximate surface area is 101 Å². The lowest BCUT2D eigenvalue weighted by molar-refractivity contribution is 0.283. The highest BCUT2D eigenvalue weighted by Gasteiger charge is 2.06. The van der Waals surface area contributed by atoms with Crippen molar-refractivity contribution in [3.63, 3.8) is 0 Å². The van der Waals surface area contributed by atoms with E-state index < -0.39 is 0 Å². The van der Waals surface area contributed by atoms with Crippen LogP contribution in [0.15, 0.2) is 24.4 Å². The van der Waals surface area contributed by atoms with Gasteiger partial charge in [-0.2, -0.15) is 0 Å². The number of unbranched alkanes of at least 4 members (excludes halogenated alkanes) is 1. The Kier molecular flexibility index (Phi) is 4.12. The highest BCUT2D eigenvalue weighted by Crippen LogP contribution is 2.11. The standard InChI is InChI=1S/C13H19N3O/c1-11-12(10-14-7-3-5-9-17)16-8-4-2-6-13(16)15-11/h2,4,6,8,14,17H,3,5,7,9-10H2,1H3. The molecule has 92 valence electrons. The molecule has 17 heavy (non-hydrogen) atoms. The molecule has 0 spiro atoms. The molecule has 0 aliphatic heterocycles. The number of fused-ring (bicyclic) bond motifs is 1. The maximum atomic E-state index is 8.69. The van der Waals surface area contributed by atoms with Crippen molar-refractivity contribution in [2.24, 2.45) is 0 Å². The second-order valence-electron chi connectivity index (χ2n) is 4.18. The molecule has 4 nitrogen and oxygen atoms in total. The predicted molar refractivity (Wildman–Crippen MR) is 68.0 cm³/mol. The zero-order valence-corrected chi connectivity index (χ0v) is 10.2. The summed E-state index contributed by atoms with van der Waals surface area (Å²) >= 11 is 0. The van der Waals surface area contributed by atoms with Gasteiger partial charge in [0.25, 0.3) is 0 Å². The molecular formula is C13H19N3O. The van der Waals surface area contributed by atoms with Crippen LogP contribution >= 0.6 is 0 Å². The van der Waals surface area contributed by atoms with Crippen molar-refractivity contribution in [2.45, 2.75) is 26.3 Å². The third-order valence-electron chi connectivity index (χ3n) is 2.88. The van der Waals surface area contributed by atoms with Gasteiger partial charge in [0.15, 0.2) is 0 Å². The third kappa shape index (κ3) is 2.84. The Balaban J connectivity index is 2.00. The van der Waals surface area contributed by atoms with Gasteiger partial charge >= 0.3 is 0 Å². The normalized spacial score (nSPS) is 11.2. The first-order chi connectivity index (χ1) is 8.33. The van der Waals surface area contributed by atoms with Crippen LogP contribution in [0.3, 0.4) is 0 Å². The van der Waals surface area contributed by atoms with E-state index in [1.165, 1.54) is 5.69 Å². The molecule has 2 aromatic heterocycles. The number of pyridine rings is 1. The van der Waals surface area contributed by atoms with E-state index in [9.17, 15) is 0 Å². The van der Waals surface area contributed by atoms with Gasteiger partial charge in [-0.25, -0.2) is 4.98 Å². The van der Waals surface area contributed by atoms with Crippen molar-refractivity contribution < 1.29 is 5.11 Å². The zero-order valence-electron chi connectivity index (χ0n) is 10.2. The molecular weight excluding hydrogens is 214 g/mol. The quantitative estimate of drug-likeness (QED) is 0.743. The van der Waals surface area contributed by atoms with Gasteiger partial charge in [-0.15, -0.1) is 0 Å². The summed E-state index contributed by atoms with van der Waals surface area (Å²) in [7, 11) is 0. The molecule has 2 heterocycles. The van der Waals surface area contributed by atoms with Crippen LogP contribution in [-0.2, 0) is 6.54 Å². The number of hydrogen-bond donors (Lipinski definition) is 2. The number of hydrogen-bond acceptors (Lipinski definition) is 3. The van der Waals surface area contributed by atoms with E-state index in [4.69, 9.17) is 5.11 Å². The van der Waals surface area contributed by atoms with Crippen LogP contribution < -0.4 is 5.32 Å². The third-order valence-corrected chi connectivity index (χ3v) is 2.88. The molecule has 0 aliphatic carbocycles. The number of nitrogens with zero attached hydrogens (tertiary/aromatic N) is 2. The molecule has 0 radical (unpaired) electrons. The zero-order chi connectivity index (χ0) is 12.1. The van der Waals surface area contributed by atoms with Crippen LogP contribution in [0.1, 0.15) is 24.2 Å². The summed E-state index contributed by atoms with van der Waals surface area (Å²) < 4.78 is 2.12. The van der Waals surface area contributed by atoms with Crippen LogP contribution in [0.5, 0.6) is 0 Å². The smallest absolute Gasteiger partial charge is 0.137 e. The molecule has 0 saturated heterocycles. The summed E-state index contributed by atoms with van der Waals surface area (Å²) in [5, 5.41) is 12.1. The van der Waals surface area contributed by atoms with Gasteiger partial charge in [0.05, 0.1) is 11.4 Å². The fraction of sp³-hybridized carbons (Fsp3) is 0.462. The van der Waals surface area contributed by atoms with E-state index in [1.807, 2.05) is 31.3 Å². The van der Waals surface area contributed by atoms with E-state index in [-0.39, 0.29) is 6.61 Å². The van der Waals surface area contributed by atoms with E-state index in [0.717, 1.165) is 37.3 Å². The average Bonchev–Trinajstić information content (AvgIpc) is 2.65. The molecule has 0 aliphatic rings. The van der Waals surface area contributed by atoms with Crippen molar-refractivity contribution in [3.05, 3.63) is 35.8 Å². The van der Waals surface area contributed by atoms with Crippen molar-refractivity contribution in [1.29, 1.82) is 0 Å². The van der Waals surface area contributed by atoms with E-state index in [0.29, 0.717) is 0 Å². The minimum Gasteiger partial charge on any atom is -0.396 e. The second kappa shape index (κ2) is 5.80. The average molecular weight is 233 g/mol.